The van der Waals surface area contributed by atoms with E-state index in [1.807, 2.05) is 6.92 Å². The number of hydrogen-bond donors (Lipinski definition) is 2. The van der Waals surface area contributed by atoms with Gasteiger partial charge >= 0.3 is 0 Å². The van der Waals surface area contributed by atoms with Crippen LogP contribution in [0, 0.1) is 0 Å². The van der Waals surface area contributed by atoms with Crippen LogP contribution in [0.2, 0.25) is 0 Å². The summed E-state index contributed by atoms with van der Waals surface area (Å²) >= 11 is 4.77. The minimum absolute atomic E-state index is 0.00710. The number of rotatable bonds is 9. The molecule has 0 aromatic heterocycles. The molecule has 0 spiro atoms. The molecule has 0 amide bonds. The predicted octanol–water partition coefficient (Wildman–Crippen LogP) is 0.786. The van der Waals surface area contributed by atoms with Gasteiger partial charge in [-0.2, -0.15) is 0 Å². The van der Waals surface area contributed by atoms with Crippen LogP contribution in [0.5, 0.6) is 0 Å². The van der Waals surface area contributed by atoms with Gasteiger partial charge in [0.2, 0.25) is 10.0 Å². The van der Waals surface area contributed by atoms with Crippen molar-refractivity contribution in [2.24, 2.45) is 5.73 Å². The second-order valence-corrected chi connectivity index (χ2v) is 6.27. The molecule has 7 heteroatoms. The lowest BCUT2D eigenvalue weighted by molar-refractivity contribution is 0.171. The SMILES string of the molecule is CCCC(COC)NS(=O)(=O)C(CC)C(N)=S. The number of sulfonamides is 1. The van der Waals surface area contributed by atoms with Crippen molar-refractivity contribution >= 4 is 27.2 Å². The Bertz CT molecular complexity index is 324. The molecule has 0 aliphatic rings. The molecule has 3 N–H and O–H groups in total. The minimum Gasteiger partial charge on any atom is -0.392 e. The van der Waals surface area contributed by atoms with Crippen LogP contribution < -0.4 is 10.5 Å². The van der Waals surface area contributed by atoms with Crippen molar-refractivity contribution in [2.75, 3.05) is 13.7 Å². The van der Waals surface area contributed by atoms with Gasteiger partial charge in [0.05, 0.1) is 11.6 Å². The average molecular weight is 282 g/mol. The van der Waals surface area contributed by atoms with Crippen molar-refractivity contribution < 1.29 is 13.2 Å². The fraction of sp³-hybridized carbons (Fsp3) is 0.900. The average Bonchev–Trinajstić information content (AvgIpc) is 2.17. The van der Waals surface area contributed by atoms with Crippen LogP contribution in [0.1, 0.15) is 33.1 Å². The maximum atomic E-state index is 12.0. The molecular weight excluding hydrogens is 260 g/mol. The lowest BCUT2D eigenvalue weighted by atomic mass is 10.2. The Morgan fingerprint density at radius 1 is 1.47 bits per heavy atom. The van der Waals surface area contributed by atoms with Crippen molar-refractivity contribution in [2.45, 2.75) is 44.4 Å². The van der Waals surface area contributed by atoms with E-state index < -0.39 is 15.3 Å². The van der Waals surface area contributed by atoms with Crippen LogP contribution in [0.15, 0.2) is 0 Å². The molecule has 0 rings (SSSR count). The van der Waals surface area contributed by atoms with Gasteiger partial charge < -0.3 is 10.5 Å². The Labute approximate surface area is 109 Å². The Morgan fingerprint density at radius 2 is 2.06 bits per heavy atom. The smallest absolute Gasteiger partial charge is 0.221 e. The highest BCUT2D eigenvalue weighted by Crippen LogP contribution is 2.08. The quantitative estimate of drug-likeness (QED) is 0.611. The van der Waals surface area contributed by atoms with Crippen LogP contribution in [0.4, 0.5) is 0 Å². The molecule has 0 aromatic carbocycles. The molecular formula is C10H22N2O3S2. The molecule has 2 unspecified atom stereocenters. The van der Waals surface area contributed by atoms with Crippen LogP contribution in [-0.2, 0) is 14.8 Å². The van der Waals surface area contributed by atoms with Gasteiger partial charge in [0, 0.05) is 13.2 Å². The summed E-state index contributed by atoms with van der Waals surface area (Å²) in [6.45, 7) is 4.08. The van der Waals surface area contributed by atoms with Crippen molar-refractivity contribution in [3.05, 3.63) is 0 Å². The summed E-state index contributed by atoms with van der Waals surface area (Å²) < 4.78 is 31.7. The first kappa shape index (κ1) is 16.8. The zero-order valence-corrected chi connectivity index (χ0v) is 12.2. The molecule has 17 heavy (non-hydrogen) atoms. The van der Waals surface area contributed by atoms with Crippen LogP contribution in [-0.4, -0.2) is 38.4 Å². The summed E-state index contributed by atoms with van der Waals surface area (Å²) in [5.41, 5.74) is 5.44. The zero-order chi connectivity index (χ0) is 13.5. The van der Waals surface area contributed by atoms with E-state index in [1.54, 1.807) is 14.0 Å². The first-order valence-electron chi connectivity index (χ1n) is 5.68. The largest absolute Gasteiger partial charge is 0.392 e. The highest BCUT2D eigenvalue weighted by Gasteiger charge is 2.28. The number of nitrogens with one attached hydrogen (secondary N) is 1. The first-order valence-corrected chi connectivity index (χ1v) is 7.63. The molecule has 102 valence electrons. The topological polar surface area (TPSA) is 81.4 Å². The predicted molar refractivity (Wildman–Crippen MR) is 73.5 cm³/mol. The van der Waals surface area contributed by atoms with Crippen molar-refractivity contribution in [3.8, 4) is 0 Å². The summed E-state index contributed by atoms with van der Waals surface area (Å²) in [5.74, 6) is 0. The molecule has 0 aliphatic carbocycles. The lowest BCUT2D eigenvalue weighted by Gasteiger charge is -2.21. The molecule has 0 radical (unpaired) electrons. The van der Waals surface area contributed by atoms with E-state index in [4.69, 9.17) is 22.7 Å². The number of ether oxygens (including phenoxy) is 1. The van der Waals surface area contributed by atoms with E-state index in [1.165, 1.54) is 0 Å². The van der Waals surface area contributed by atoms with Crippen molar-refractivity contribution in [3.63, 3.8) is 0 Å². The zero-order valence-electron chi connectivity index (χ0n) is 10.6. The van der Waals surface area contributed by atoms with E-state index in [0.29, 0.717) is 13.0 Å². The molecule has 5 nitrogen and oxygen atoms in total. The summed E-state index contributed by atoms with van der Waals surface area (Å²) in [6.07, 6.45) is 1.97. The van der Waals surface area contributed by atoms with Crippen LogP contribution in [0.3, 0.4) is 0 Å². The first-order chi connectivity index (χ1) is 7.88. The van der Waals surface area contributed by atoms with Crippen LogP contribution in [0.25, 0.3) is 0 Å². The normalized spacial score (nSPS) is 15.5. The third kappa shape index (κ3) is 5.76. The monoisotopic (exact) mass is 282 g/mol. The Kier molecular flexibility index (Phi) is 7.85. The molecule has 0 aromatic rings. The second kappa shape index (κ2) is 7.97. The van der Waals surface area contributed by atoms with Gasteiger partial charge in [-0.1, -0.05) is 32.5 Å². The minimum atomic E-state index is -3.51. The van der Waals surface area contributed by atoms with Crippen molar-refractivity contribution in [1.82, 2.24) is 4.72 Å². The molecule has 0 bridgehead atoms. The van der Waals surface area contributed by atoms with E-state index in [2.05, 4.69) is 4.72 Å². The molecule has 2 atom stereocenters. The highest BCUT2D eigenvalue weighted by molar-refractivity contribution is 7.93. The Balaban J connectivity index is 4.74. The van der Waals surface area contributed by atoms with Gasteiger partial charge in [-0.05, 0) is 12.8 Å². The van der Waals surface area contributed by atoms with Gasteiger partial charge in [-0.25, -0.2) is 13.1 Å². The molecule has 0 heterocycles. The van der Waals surface area contributed by atoms with Gasteiger partial charge in [0.25, 0.3) is 0 Å². The fourth-order valence-corrected chi connectivity index (χ4v) is 3.72. The maximum Gasteiger partial charge on any atom is 0.221 e. The molecule has 0 saturated heterocycles. The van der Waals surface area contributed by atoms with Crippen molar-refractivity contribution in [1.29, 1.82) is 0 Å². The Hall–Kier alpha value is -0.240. The Morgan fingerprint density at radius 3 is 2.41 bits per heavy atom. The number of hydrogen-bond acceptors (Lipinski definition) is 4. The van der Waals surface area contributed by atoms with E-state index in [0.717, 1.165) is 12.8 Å². The fourth-order valence-electron chi connectivity index (χ4n) is 1.61. The maximum absolute atomic E-state index is 12.0. The van der Waals surface area contributed by atoms with Gasteiger partial charge in [-0.15, -0.1) is 0 Å². The highest BCUT2D eigenvalue weighted by atomic mass is 32.2. The molecule has 0 saturated carbocycles. The third-order valence-corrected chi connectivity index (χ3v) is 4.83. The lowest BCUT2D eigenvalue weighted by Crippen LogP contribution is -2.47. The number of thiocarbonyl (C=S) groups is 1. The standard InChI is InChI=1S/C10H22N2O3S2/c1-4-6-8(7-15-3)12-17(13,14)9(5-2)10(11)16/h8-9,12H,4-7H2,1-3H3,(H2,11,16). The number of nitrogens with two attached hydrogens (primary N) is 1. The second-order valence-electron chi connectivity index (χ2n) is 3.90. The van der Waals surface area contributed by atoms with Crippen LogP contribution >= 0.6 is 12.2 Å². The van der Waals surface area contributed by atoms with Gasteiger partial charge in [0.15, 0.2) is 0 Å². The van der Waals surface area contributed by atoms with Gasteiger partial charge in [0.1, 0.15) is 5.25 Å². The van der Waals surface area contributed by atoms with E-state index in [-0.39, 0.29) is 11.0 Å². The van der Waals surface area contributed by atoms with E-state index >= 15 is 0 Å². The summed E-state index contributed by atoms with van der Waals surface area (Å²) in [5, 5.41) is -0.811. The molecule has 0 aliphatic heterocycles. The summed E-state index contributed by atoms with van der Waals surface area (Å²) in [7, 11) is -1.97. The third-order valence-electron chi connectivity index (χ3n) is 2.40. The molecule has 0 fully saturated rings. The van der Waals surface area contributed by atoms with E-state index in [9.17, 15) is 8.42 Å². The summed E-state index contributed by atoms with van der Waals surface area (Å²) in [4.78, 5) is 0.00710. The number of methoxy groups -OCH3 is 1. The summed E-state index contributed by atoms with van der Waals surface area (Å²) in [6, 6.07) is -0.224. The van der Waals surface area contributed by atoms with Gasteiger partial charge in [-0.3, -0.25) is 0 Å².